The second-order valence-corrected chi connectivity index (χ2v) is 8.02. The van der Waals surface area contributed by atoms with E-state index >= 15 is 0 Å². The number of methoxy groups -OCH3 is 2. The summed E-state index contributed by atoms with van der Waals surface area (Å²) in [6.07, 6.45) is 4.91. The number of ether oxygens (including phenoxy) is 2. The number of benzene rings is 1. The van der Waals surface area contributed by atoms with E-state index in [9.17, 15) is 4.79 Å². The number of pyridine rings is 1. The quantitative estimate of drug-likeness (QED) is 0.793. The number of amides is 1. The molecule has 1 aromatic heterocycles. The second-order valence-electron chi connectivity index (χ2n) is 8.02. The molecule has 0 atom stereocenters. The van der Waals surface area contributed by atoms with Crippen molar-refractivity contribution < 1.29 is 14.3 Å². The Kier molecular flexibility index (Phi) is 5.60. The van der Waals surface area contributed by atoms with E-state index in [4.69, 9.17) is 9.47 Å². The van der Waals surface area contributed by atoms with Gasteiger partial charge in [0.25, 0.3) is 5.91 Å². The summed E-state index contributed by atoms with van der Waals surface area (Å²) < 4.78 is 10.9. The van der Waals surface area contributed by atoms with Crippen molar-refractivity contribution in [3.8, 4) is 11.5 Å². The Morgan fingerprint density at radius 3 is 2.34 bits per heavy atom. The minimum Gasteiger partial charge on any atom is -0.493 e. The van der Waals surface area contributed by atoms with Crippen LogP contribution >= 0.6 is 0 Å². The van der Waals surface area contributed by atoms with Gasteiger partial charge in [-0.3, -0.25) is 4.79 Å². The molecule has 6 nitrogen and oxygen atoms in total. The largest absolute Gasteiger partial charge is 0.493 e. The smallest absolute Gasteiger partial charge is 0.272 e. The molecule has 6 heteroatoms. The highest BCUT2D eigenvalue weighted by Gasteiger charge is 2.23. The summed E-state index contributed by atoms with van der Waals surface area (Å²) in [5, 5.41) is 0. The van der Waals surface area contributed by atoms with E-state index in [1.165, 1.54) is 11.1 Å². The topological polar surface area (TPSA) is 54.9 Å². The molecule has 0 bridgehead atoms. The van der Waals surface area contributed by atoms with E-state index in [-0.39, 0.29) is 5.91 Å². The van der Waals surface area contributed by atoms with Gasteiger partial charge in [-0.2, -0.15) is 0 Å². The van der Waals surface area contributed by atoms with Gasteiger partial charge in [-0.1, -0.05) is 6.92 Å². The third-order valence-electron chi connectivity index (χ3n) is 6.12. The highest BCUT2D eigenvalue weighted by Crippen LogP contribution is 2.34. The van der Waals surface area contributed by atoms with Gasteiger partial charge >= 0.3 is 0 Å². The molecule has 0 N–H and O–H groups in total. The molecule has 1 saturated heterocycles. The van der Waals surface area contributed by atoms with E-state index in [0.29, 0.717) is 11.6 Å². The van der Waals surface area contributed by atoms with Gasteiger partial charge in [0.2, 0.25) is 0 Å². The normalized spacial score (nSPS) is 17.1. The Morgan fingerprint density at radius 2 is 1.72 bits per heavy atom. The average Bonchev–Trinajstić information content (AvgIpc) is 2.78. The standard InChI is InChI=1S/C23H29N3O3/c1-16-6-9-25(10-7-16)23(27)20-5-4-19(14-24-20)26-11-8-17-12-21(28-2)22(29-3)13-18(17)15-26/h4-5,12-14,16H,6-11,15H2,1-3H3. The Labute approximate surface area is 172 Å². The van der Waals surface area contributed by atoms with Crippen LogP contribution in [0.5, 0.6) is 11.5 Å². The van der Waals surface area contributed by atoms with E-state index in [1.54, 1.807) is 14.2 Å². The number of piperidine rings is 1. The zero-order chi connectivity index (χ0) is 20.4. The van der Waals surface area contributed by atoms with Crippen LogP contribution in [0.15, 0.2) is 30.5 Å². The Bertz CT molecular complexity index is 874. The molecule has 0 spiro atoms. The highest BCUT2D eigenvalue weighted by molar-refractivity contribution is 5.92. The van der Waals surface area contributed by atoms with Crippen LogP contribution in [-0.4, -0.2) is 49.6 Å². The molecular weight excluding hydrogens is 366 g/mol. The third-order valence-corrected chi connectivity index (χ3v) is 6.12. The maximum atomic E-state index is 12.7. The van der Waals surface area contributed by atoms with Crippen molar-refractivity contribution in [2.45, 2.75) is 32.7 Å². The van der Waals surface area contributed by atoms with Crippen LogP contribution in [0.4, 0.5) is 5.69 Å². The van der Waals surface area contributed by atoms with Gasteiger partial charge in [0.05, 0.1) is 26.1 Å². The number of nitrogens with zero attached hydrogens (tertiary/aromatic N) is 3. The molecule has 2 aliphatic rings. The molecule has 1 amide bonds. The zero-order valence-corrected chi connectivity index (χ0v) is 17.5. The van der Waals surface area contributed by atoms with E-state index in [2.05, 4.69) is 28.9 Å². The summed E-state index contributed by atoms with van der Waals surface area (Å²) in [6.45, 7) is 5.60. The number of anilines is 1. The van der Waals surface area contributed by atoms with E-state index < -0.39 is 0 Å². The Morgan fingerprint density at radius 1 is 1.03 bits per heavy atom. The molecule has 0 radical (unpaired) electrons. The molecule has 1 fully saturated rings. The number of hydrogen-bond acceptors (Lipinski definition) is 5. The van der Waals surface area contributed by atoms with Crippen molar-refractivity contribution in [2.24, 2.45) is 5.92 Å². The summed E-state index contributed by atoms with van der Waals surface area (Å²) in [5.74, 6) is 2.28. The SMILES string of the molecule is COc1cc2c(cc1OC)CN(c1ccc(C(=O)N3CCC(C)CC3)nc1)CC2. The molecule has 0 unspecified atom stereocenters. The summed E-state index contributed by atoms with van der Waals surface area (Å²) in [7, 11) is 3.33. The number of likely N-dealkylation sites (tertiary alicyclic amines) is 1. The number of fused-ring (bicyclic) bond motifs is 1. The fraction of sp³-hybridized carbons (Fsp3) is 0.478. The number of hydrogen-bond donors (Lipinski definition) is 0. The summed E-state index contributed by atoms with van der Waals surface area (Å²) in [6, 6.07) is 8.01. The maximum Gasteiger partial charge on any atom is 0.272 e. The molecule has 0 aliphatic carbocycles. The van der Waals surface area contributed by atoms with Crippen LogP contribution in [0.2, 0.25) is 0 Å². The van der Waals surface area contributed by atoms with Crippen molar-refractivity contribution in [1.29, 1.82) is 0 Å². The molecule has 29 heavy (non-hydrogen) atoms. The van der Waals surface area contributed by atoms with Gasteiger partial charge in [-0.15, -0.1) is 0 Å². The number of carbonyl (C=O) groups excluding carboxylic acids is 1. The third kappa shape index (κ3) is 4.02. The summed E-state index contributed by atoms with van der Waals surface area (Å²) in [4.78, 5) is 21.4. The zero-order valence-electron chi connectivity index (χ0n) is 17.5. The van der Waals surface area contributed by atoms with Gasteiger partial charge in [-0.05, 0) is 60.6 Å². The maximum absolute atomic E-state index is 12.7. The van der Waals surface area contributed by atoms with Crippen LogP contribution in [0.25, 0.3) is 0 Å². The summed E-state index contributed by atoms with van der Waals surface area (Å²) >= 11 is 0. The average molecular weight is 396 g/mol. The van der Waals surface area contributed by atoms with Gasteiger partial charge in [0.1, 0.15) is 5.69 Å². The highest BCUT2D eigenvalue weighted by atomic mass is 16.5. The number of carbonyl (C=O) groups is 1. The van der Waals surface area contributed by atoms with Crippen molar-refractivity contribution in [3.05, 3.63) is 47.3 Å². The van der Waals surface area contributed by atoms with Crippen LogP contribution in [-0.2, 0) is 13.0 Å². The van der Waals surface area contributed by atoms with Crippen LogP contribution < -0.4 is 14.4 Å². The van der Waals surface area contributed by atoms with Gasteiger partial charge in [0.15, 0.2) is 11.5 Å². The van der Waals surface area contributed by atoms with Crippen molar-refractivity contribution in [1.82, 2.24) is 9.88 Å². The first-order valence-electron chi connectivity index (χ1n) is 10.3. The number of aromatic nitrogens is 1. The van der Waals surface area contributed by atoms with Gasteiger partial charge < -0.3 is 19.3 Å². The lowest BCUT2D eigenvalue weighted by atomic mass is 9.98. The predicted octanol–water partition coefficient (Wildman–Crippen LogP) is 3.53. The minimum atomic E-state index is 0.0456. The van der Waals surface area contributed by atoms with Crippen LogP contribution in [0.3, 0.4) is 0 Å². The lowest BCUT2D eigenvalue weighted by molar-refractivity contribution is 0.0691. The molecule has 2 aliphatic heterocycles. The lowest BCUT2D eigenvalue weighted by Crippen LogP contribution is -2.38. The number of rotatable bonds is 4. The minimum absolute atomic E-state index is 0.0456. The Balaban J connectivity index is 1.47. The summed E-state index contributed by atoms with van der Waals surface area (Å²) in [5.41, 5.74) is 4.09. The fourth-order valence-corrected chi connectivity index (χ4v) is 4.18. The molecule has 3 heterocycles. The molecule has 0 saturated carbocycles. The second kappa shape index (κ2) is 8.31. The van der Waals surface area contributed by atoms with Crippen molar-refractivity contribution in [2.75, 3.05) is 38.8 Å². The Hall–Kier alpha value is -2.76. The molecular formula is C23H29N3O3. The van der Waals surface area contributed by atoms with E-state index in [0.717, 1.165) is 62.6 Å². The fourth-order valence-electron chi connectivity index (χ4n) is 4.18. The van der Waals surface area contributed by atoms with E-state index in [1.807, 2.05) is 23.2 Å². The van der Waals surface area contributed by atoms with Crippen molar-refractivity contribution >= 4 is 11.6 Å². The van der Waals surface area contributed by atoms with Crippen LogP contribution in [0, 0.1) is 5.92 Å². The monoisotopic (exact) mass is 395 g/mol. The van der Waals surface area contributed by atoms with Gasteiger partial charge in [-0.25, -0.2) is 4.98 Å². The van der Waals surface area contributed by atoms with Crippen LogP contribution in [0.1, 0.15) is 41.4 Å². The molecule has 154 valence electrons. The lowest BCUT2D eigenvalue weighted by Gasteiger charge is -2.32. The predicted molar refractivity (Wildman–Crippen MR) is 113 cm³/mol. The first-order valence-corrected chi connectivity index (χ1v) is 10.3. The van der Waals surface area contributed by atoms with Gasteiger partial charge in [0, 0.05) is 26.2 Å². The molecule has 4 rings (SSSR count). The van der Waals surface area contributed by atoms with Crippen molar-refractivity contribution in [3.63, 3.8) is 0 Å². The first-order chi connectivity index (χ1) is 14.1. The first kappa shape index (κ1) is 19.6. The molecule has 1 aromatic carbocycles. The molecule has 2 aromatic rings.